The smallest absolute Gasteiger partial charge is 0.251 e. The van der Waals surface area contributed by atoms with E-state index in [0.29, 0.717) is 12.1 Å². The number of benzene rings is 1. The van der Waals surface area contributed by atoms with Gasteiger partial charge < -0.3 is 11.1 Å². The van der Waals surface area contributed by atoms with E-state index in [0.717, 1.165) is 12.8 Å². The number of hydrogen-bond donors (Lipinski definition) is 2. The van der Waals surface area contributed by atoms with Crippen LogP contribution in [0.3, 0.4) is 0 Å². The highest BCUT2D eigenvalue weighted by Crippen LogP contribution is 2.10. The molecule has 0 aliphatic carbocycles. The lowest BCUT2D eigenvalue weighted by Crippen LogP contribution is -2.49. The van der Waals surface area contributed by atoms with Crippen molar-refractivity contribution in [3.05, 3.63) is 35.6 Å². The third-order valence-electron chi connectivity index (χ3n) is 3.12. The summed E-state index contributed by atoms with van der Waals surface area (Å²) >= 11 is 0. The number of nitrogens with two attached hydrogens (primary N) is 1. The van der Waals surface area contributed by atoms with E-state index in [1.54, 1.807) is 0 Å². The van der Waals surface area contributed by atoms with Crippen molar-refractivity contribution in [3.8, 4) is 0 Å². The molecular weight excluding hydrogens is 219 g/mol. The molecule has 3 N–H and O–H groups in total. The first kappa shape index (κ1) is 13.6. The van der Waals surface area contributed by atoms with Crippen molar-refractivity contribution in [3.63, 3.8) is 0 Å². The van der Waals surface area contributed by atoms with Crippen molar-refractivity contribution in [2.75, 3.05) is 6.54 Å². The zero-order chi connectivity index (χ0) is 12.9. The normalized spacial score (nSPS) is 11.3. The van der Waals surface area contributed by atoms with Crippen LogP contribution in [0.15, 0.2) is 24.3 Å². The molecule has 0 fully saturated rings. The number of rotatable bonds is 5. The molecule has 1 rings (SSSR count). The Morgan fingerprint density at radius 2 is 1.82 bits per heavy atom. The van der Waals surface area contributed by atoms with Crippen molar-refractivity contribution in [2.24, 2.45) is 5.73 Å². The Kier molecular flexibility index (Phi) is 4.63. The summed E-state index contributed by atoms with van der Waals surface area (Å²) in [6.45, 7) is 4.41. The van der Waals surface area contributed by atoms with Gasteiger partial charge in [0.2, 0.25) is 0 Å². The van der Waals surface area contributed by atoms with E-state index in [2.05, 4.69) is 5.32 Å². The molecule has 0 saturated carbocycles. The van der Waals surface area contributed by atoms with Crippen LogP contribution < -0.4 is 11.1 Å². The van der Waals surface area contributed by atoms with E-state index in [1.165, 1.54) is 24.3 Å². The molecular formula is C13H19FN2O. The highest BCUT2D eigenvalue weighted by Gasteiger charge is 2.21. The van der Waals surface area contributed by atoms with E-state index in [9.17, 15) is 9.18 Å². The Morgan fingerprint density at radius 1 is 1.29 bits per heavy atom. The third kappa shape index (κ3) is 3.82. The number of hydrogen-bond acceptors (Lipinski definition) is 2. The van der Waals surface area contributed by atoms with Crippen LogP contribution in [0.25, 0.3) is 0 Å². The molecule has 0 bridgehead atoms. The van der Waals surface area contributed by atoms with Gasteiger partial charge in [0.25, 0.3) is 5.91 Å². The molecule has 4 heteroatoms. The lowest BCUT2D eigenvalue weighted by Gasteiger charge is -2.26. The molecule has 1 amide bonds. The van der Waals surface area contributed by atoms with Gasteiger partial charge in [-0.15, -0.1) is 0 Å². The van der Waals surface area contributed by atoms with Crippen LogP contribution in [-0.2, 0) is 0 Å². The molecule has 1 aromatic rings. The molecule has 0 atom stereocenters. The van der Waals surface area contributed by atoms with Gasteiger partial charge in [-0.1, -0.05) is 13.8 Å². The molecule has 0 spiro atoms. The lowest BCUT2D eigenvalue weighted by molar-refractivity contribution is 0.0942. The predicted molar refractivity (Wildman–Crippen MR) is 66.2 cm³/mol. The third-order valence-corrected chi connectivity index (χ3v) is 3.12. The lowest BCUT2D eigenvalue weighted by atomic mass is 9.94. The van der Waals surface area contributed by atoms with Gasteiger partial charge in [-0.05, 0) is 37.1 Å². The number of halogens is 1. The molecule has 0 radical (unpaired) electrons. The summed E-state index contributed by atoms with van der Waals surface area (Å²) < 4.78 is 12.7. The molecule has 0 aromatic heterocycles. The Balaban J connectivity index is 2.58. The first-order chi connectivity index (χ1) is 8.00. The van der Waals surface area contributed by atoms with Crippen molar-refractivity contribution in [1.29, 1.82) is 0 Å². The highest BCUT2D eigenvalue weighted by molar-refractivity contribution is 5.94. The summed E-state index contributed by atoms with van der Waals surface area (Å²) in [5, 5.41) is 2.77. The Labute approximate surface area is 101 Å². The standard InChI is InChI=1S/C13H19FN2O/c1-3-13(15,4-2)9-16-12(17)10-5-7-11(14)8-6-10/h5-8H,3-4,9,15H2,1-2H3,(H,16,17). The molecule has 0 saturated heterocycles. The summed E-state index contributed by atoms with van der Waals surface area (Å²) in [4.78, 5) is 11.7. The fourth-order valence-corrected chi connectivity index (χ4v) is 1.46. The fraction of sp³-hybridized carbons (Fsp3) is 0.462. The molecule has 0 heterocycles. The van der Waals surface area contributed by atoms with Gasteiger partial charge in [-0.25, -0.2) is 4.39 Å². The minimum Gasteiger partial charge on any atom is -0.350 e. The second kappa shape index (κ2) is 5.77. The van der Waals surface area contributed by atoms with Gasteiger partial charge >= 0.3 is 0 Å². The van der Waals surface area contributed by atoms with Gasteiger partial charge in [0.15, 0.2) is 0 Å². The van der Waals surface area contributed by atoms with E-state index in [1.807, 2.05) is 13.8 Å². The van der Waals surface area contributed by atoms with Crippen LogP contribution in [-0.4, -0.2) is 18.0 Å². The summed E-state index contributed by atoms with van der Waals surface area (Å²) in [6, 6.07) is 5.45. The first-order valence-corrected chi connectivity index (χ1v) is 5.83. The maximum Gasteiger partial charge on any atom is 0.251 e. The molecule has 3 nitrogen and oxygen atoms in total. The van der Waals surface area contributed by atoms with Crippen molar-refractivity contribution in [2.45, 2.75) is 32.2 Å². The average molecular weight is 238 g/mol. The summed E-state index contributed by atoms with van der Waals surface area (Å²) in [6.07, 6.45) is 1.60. The van der Waals surface area contributed by atoms with Crippen LogP contribution in [0.2, 0.25) is 0 Å². The van der Waals surface area contributed by atoms with Crippen molar-refractivity contribution >= 4 is 5.91 Å². The van der Waals surface area contributed by atoms with E-state index in [-0.39, 0.29) is 17.3 Å². The predicted octanol–water partition coefficient (Wildman–Crippen LogP) is 2.07. The maximum atomic E-state index is 12.7. The Bertz CT molecular complexity index is 372. The second-order valence-electron chi connectivity index (χ2n) is 4.26. The Hall–Kier alpha value is -1.42. The minimum atomic E-state index is -0.365. The van der Waals surface area contributed by atoms with Crippen molar-refractivity contribution < 1.29 is 9.18 Å². The van der Waals surface area contributed by atoms with Gasteiger partial charge in [0.05, 0.1) is 0 Å². The van der Waals surface area contributed by atoms with Crippen molar-refractivity contribution in [1.82, 2.24) is 5.32 Å². The van der Waals surface area contributed by atoms with Crippen LogP contribution in [0.1, 0.15) is 37.0 Å². The zero-order valence-electron chi connectivity index (χ0n) is 10.3. The number of nitrogens with one attached hydrogen (secondary N) is 1. The van der Waals surface area contributed by atoms with Crippen LogP contribution in [0, 0.1) is 5.82 Å². The summed E-state index contributed by atoms with van der Waals surface area (Å²) in [5.74, 6) is -0.571. The molecule has 0 aliphatic rings. The number of carbonyl (C=O) groups excluding carboxylic acids is 1. The molecule has 94 valence electrons. The van der Waals surface area contributed by atoms with Crippen LogP contribution >= 0.6 is 0 Å². The fourth-order valence-electron chi connectivity index (χ4n) is 1.46. The number of carbonyl (C=O) groups is 1. The molecule has 1 aromatic carbocycles. The van der Waals surface area contributed by atoms with Gasteiger partial charge in [-0.2, -0.15) is 0 Å². The quantitative estimate of drug-likeness (QED) is 0.825. The highest BCUT2D eigenvalue weighted by atomic mass is 19.1. The van der Waals surface area contributed by atoms with Gasteiger partial charge in [-0.3, -0.25) is 4.79 Å². The van der Waals surface area contributed by atoms with E-state index < -0.39 is 0 Å². The summed E-state index contributed by atoms with van der Waals surface area (Å²) in [7, 11) is 0. The average Bonchev–Trinajstić information content (AvgIpc) is 2.36. The number of amides is 1. The van der Waals surface area contributed by atoms with Crippen LogP contribution in [0.4, 0.5) is 4.39 Å². The molecule has 0 aliphatic heterocycles. The monoisotopic (exact) mass is 238 g/mol. The van der Waals surface area contributed by atoms with Gasteiger partial charge in [0.1, 0.15) is 5.82 Å². The second-order valence-corrected chi connectivity index (χ2v) is 4.26. The first-order valence-electron chi connectivity index (χ1n) is 5.83. The molecule has 0 unspecified atom stereocenters. The topological polar surface area (TPSA) is 55.1 Å². The largest absolute Gasteiger partial charge is 0.350 e. The molecule has 17 heavy (non-hydrogen) atoms. The SMILES string of the molecule is CCC(N)(CC)CNC(=O)c1ccc(F)cc1. The van der Waals surface area contributed by atoms with E-state index in [4.69, 9.17) is 5.73 Å². The Morgan fingerprint density at radius 3 is 2.29 bits per heavy atom. The zero-order valence-corrected chi connectivity index (χ0v) is 10.3. The van der Waals surface area contributed by atoms with Gasteiger partial charge in [0, 0.05) is 17.6 Å². The van der Waals surface area contributed by atoms with Crippen LogP contribution in [0.5, 0.6) is 0 Å². The minimum absolute atomic E-state index is 0.221. The maximum absolute atomic E-state index is 12.7. The van der Waals surface area contributed by atoms with E-state index >= 15 is 0 Å². The summed E-state index contributed by atoms with van der Waals surface area (Å²) in [5.41, 5.74) is 6.15.